The summed E-state index contributed by atoms with van der Waals surface area (Å²) in [5.74, 6) is -0.977. The van der Waals surface area contributed by atoms with Crippen molar-refractivity contribution in [2.24, 2.45) is 0 Å². The van der Waals surface area contributed by atoms with Gasteiger partial charge in [-0.3, -0.25) is 0 Å². The van der Waals surface area contributed by atoms with Gasteiger partial charge in [0, 0.05) is 10.9 Å². The van der Waals surface area contributed by atoms with Crippen molar-refractivity contribution < 1.29 is 9.90 Å². The van der Waals surface area contributed by atoms with Crippen LogP contribution in [-0.4, -0.2) is 25.8 Å². The molecule has 0 amide bonds. The number of rotatable bonds is 3. The van der Waals surface area contributed by atoms with Crippen LogP contribution in [0.3, 0.4) is 0 Å². The highest BCUT2D eigenvalue weighted by molar-refractivity contribution is 9.10. The minimum absolute atomic E-state index is 0.277. The number of benzene rings is 1. The smallest absolute Gasteiger partial charge is 0.375 e. The van der Waals surface area contributed by atoms with Crippen molar-refractivity contribution in [3.05, 3.63) is 39.9 Å². The molecular formula is C12H9BrN4O2. The van der Waals surface area contributed by atoms with Crippen molar-refractivity contribution in [1.82, 2.24) is 14.8 Å². The zero-order chi connectivity index (χ0) is 14.0. The highest BCUT2D eigenvalue weighted by Gasteiger charge is 2.17. The Bertz CT molecular complexity index is 688. The maximum atomic E-state index is 10.9. The number of aromatic nitrogens is 3. The van der Waals surface area contributed by atoms with E-state index >= 15 is 0 Å². The van der Waals surface area contributed by atoms with E-state index in [2.05, 4.69) is 32.1 Å². The molecule has 0 aliphatic heterocycles. The molecule has 0 bridgehead atoms. The molecule has 6 nitrogen and oxygen atoms in total. The first-order valence-electron chi connectivity index (χ1n) is 5.46. The van der Waals surface area contributed by atoms with E-state index in [4.69, 9.17) is 10.4 Å². The van der Waals surface area contributed by atoms with E-state index in [1.54, 1.807) is 18.2 Å². The van der Waals surface area contributed by atoms with Crippen LogP contribution in [0, 0.1) is 11.3 Å². The minimum atomic E-state index is -1.19. The fraction of sp³-hybridized carbons (Fsp3) is 0.167. The quantitative estimate of drug-likeness (QED) is 0.935. The van der Waals surface area contributed by atoms with Gasteiger partial charge in [0.25, 0.3) is 5.82 Å². The fourth-order valence-electron chi connectivity index (χ4n) is 1.63. The van der Waals surface area contributed by atoms with Crippen LogP contribution in [0.1, 0.15) is 28.9 Å². The third kappa shape index (κ3) is 2.48. The van der Waals surface area contributed by atoms with Crippen molar-refractivity contribution in [3.63, 3.8) is 0 Å². The average Bonchev–Trinajstić information content (AvgIpc) is 2.82. The van der Waals surface area contributed by atoms with E-state index in [1.807, 2.05) is 6.92 Å². The van der Waals surface area contributed by atoms with E-state index < -0.39 is 5.97 Å². The van der Waals surface area contributed by atoms with Gasteiger partial charge in [-0.1, -0.05) is 22.9 Å². The lowest BCUT2D eigenvalue weighted by molar-refractivity contribution is 0.0683. The summed E-state index contributed by atoms with van der Waals surface area (Å²) in [6.45, 7) is 1.84. The Labute approximate surface area is 117 Å². The summed E-state index contributed by atoms with van der Waals surface area (Å²) in [6, 6.07) is 7.14. The largest absolute Gasteiger partial charge is 0.475 e. The second kappa shape index (κ2) is 5.20. The number of carboxylic acid groups (broad SMARTS) is 1. The number of hydrogen-bond donors (Lipinski definition) is 1. The Hall–Kier alpha value is -2.20. The van der Waals surface area contributed by atoms with Crippen molar-refractivity contribution in [1.29, 1.82) is 5.26 Å². The highest BCUT2D eigenvalue weighted by Crippen LogP contribution is 2.21. The van der Waals surface area contributed by atoms with Crippen LogP contribution in [0.5, 0.6) is 0 Å². The maximum Gasteiger partial charge on any atom is 0.375 e. The summed E-state index contributed by atoms with van der Waals surface area (Å²) < 4.78 is 2.17. The third-order valence-corrected chi connectivity index (χ3v) is 2.98. The first kappa shape index (κ1) is 13.2. The molecule has 0 unspecified atom stereocenters. The molecule has 1 heterocycles. The molecule has 0 saturated carbocycles. The van der Waals surface area contributed by atoms with Gasteiger partial charge in [0.15, 0.2) is 0 Å². The van der Waals surface area contributed by atoms with Crippen LogP contribution >= 0.6 is 15.9 Å². The average molecular weight is 321 g/mol. The van der Waals surface area contributed by atoms with E-state index in [9.17, 15) is 4.79 Å². The number of nitriles is 1. The normalized spacial score (nSPS) is 10.2. The van der Waals surface area contributed by atoms with Gasteiger partial charge in [0.05, 0.1) is 11.3 Å². The molecule has 2 rings (SSSR count). The summed E-state index contributed by atoms with van der Waals surface area (Å²) in [5.41, 5.74) is 0.911. The van der Waals surface area contributed by atoms with Gasteiger partial charge in [0.1, 0.15) is 11.9 Å². The van der Waals surface area contributed by atoms with Crippen LogP contribution < -0.4 is 0 Å². The highest BCUT2D eigenvalue weighted by atomic mass is 79.9. The standard InChI is InChI=1S/C12H9BrN4O2/c1-2-10-15-11(12(18)19)16-17(10)9-5-8(13)4-3-7(9)6-14/h3-5H,2H2,1H3,(H,18,19). The lowest BCUT2D eigenvalue weighted by atomic mass is 10.2. The summed E-state index contributed by atoms with van der Waals surface area (Å²) in [6.07, 6.45) is 0.512. The lowest BCUT2D eigenvalue weighted by Crippen LogP contribution is -2.05. The van der Waals surface area contributed by atoms with Gasteiger partial charge in [-0.25, -0.2) is 14.5 Å². The van der Waals surface area contributed by atoms with Crippen molar-refractivity contribution in [2.75, 3.05) is 0 Å². The van der Waals surface area contributed by atoms with Crippen LogP contribution in [0.2, 0.25) is 0 Å². The van der Waals surface area contributed by atoms with Crippen molar-refractivity contribution in [3.8, 4) is 11.8 Å². The molecule has 0 aliphatic rings. The monoisotopic (exact) mass is 320 g/mol. The molecule has 0 atom stereocenters. The van der Waals surface area contributed by atoms with Gasteiger partial charge in [-0.15, -0.1) is 5.10 Å². The second-order valence-electron chi connectivity index (χ2n) is 3.70. The molecule has 0 saturated heterocycles. The zero-order valence-corrected chi connectivity index (χ0v) is 11.5. The number of aryl methyl sites for hydroxylation is 1. The Morgan fingerprint density at radius 2 is 2.32 bits per heavy atom. The van der Waals surface area contributed by atoms with E-state index in [0.717, 1.165) is 4.47 Å². The fourth-order valence-corrected chi connectivity index (χ4v) is 1.98. The number of aromatic carboxylic acids is 1. The Morgan fingerprint density at radius 3 is 2.89 bits per heavy atom. The molecule has 1 aromatic heterocycles. The van der Waals surface area contributed by atoms with Crippen LogP contribution in [0.4, 0.5) is 0 Å². The van der Waals surface area contributed by atoms with Crippen molar-refractivity contribution >= 4 is 21.9 Å². The van der Waals surface area contributed by atoms with Crippen LogP contribution in [0.25, 0.3) is 5.69 Å². The van der Waals surface area contributed by atoms with Crippen LogP contribution in [0.15, 0.2) is 22.7 Å². The number of carboxylic acids is 1. The molecule has 96 valence electrons. The van der Waals surface area contributed by atoms with Gasteiger partial charge < -0.3 is 5.11 Å². The van der Waals surface area contributed by atoms with Gasteiger partial charge in [-0.2, -0.15) is 5.26 Å². The molecule has 0 fully saturated rings. The molecule has 2 aromatic rings. The Morgan fingerprint density at radius 1 is 1.58 bits per heavy atom. The molecule has 19 heavy (non-hydrogen) atoms. The second-order valence-corrected chi connectivity index (χ2v) is 4.61. The van der Waals surface area contributed by atoms with E-state index in [1.165, 1.54) is 4.68 Å². The molecule has 1 aromatic carbocycles. The molecule has 0 spiro atoms. The number of halogens is 1. The Kier molecular flexibility index (Phi) is 3.62. The molecule has 0 aliphatic carbocycles. The first-order chi connectivity index (χ1) is 9.06. The number of hydrogen-bond acceptors (Lipinski definition) is 4. The summed E-state index contributed by atoms with van der Waals surface area (Å²) in [4.78, 5) is 14.9. The Balaban J connectivity index is 2.68. The third-order valence-electron chi connectivity index (χ3n) is 2.49. The predicted octanol–water partition coefficient (Wildman–Crippen LogP) is 2.16. The maximum absolute atomic E-state index is 10.9. The topological polar surface area (TPSA) is 91.8 Å². The van der Waals surface area contributed by atoms with Crippen LogP contribution in [-0.2, 0) is 6.42 Å². The molecule has 0 radical (unpaired) electrons. The summed E-state index contributed by atoms with van der Waals surface area (Å²) in [7, 11) is 0. The van der Waals surface area contributed by atoms with E-state index in [-0.39, 0.29) is 5.82 Å². The minimum Gasteiger partial charge on any atom is -0.475 e. The number of carbonyl (C=O) groups is 1. The van der Waals surface area contributed by atoms with Gasteiger partial charge >= 0.3 is 5.97 Å². The predicted molar refractivity (Wildman–Crippen MR) is 70.1 cm³/mol. The lowest BCUT2D eigenvalue weighted by Gasteiger charge is -2.06. The van der Waals surface area contributed by atoms with Gasteiger partial charge in [0.2, 0.25) is 0 Å². The van der Waals surface area contributed by atoms with Crippen molar-refractivity contribution in [2.45, 2.75) is 13.3 Å². The molecule has 1 N–H and O–H groups in total. The molecular weight excluding hydrogens is 312 g/mol. The van der Waals surface area contributed by atoms with E-state index in [0.29, 0.717) is 23.5 Å². The van der Waals surface area contributed by atoms with Gasteiger partial charge in [-0.05, 0) is 18.2 Å². The summed E-state index contributed by atoms with van der Waals surface area (Å²) >= 11 is 3.32. The zero-order valence-electron chi connectivity index (χ0n) is 9.96. The molecule has 7 heteroatoms. The first-order valence-corrected chi connectivity index (χ1v) is 6.25. The SMILES string of the molecule is CCc1nc(C(=O)O)nn1-c1cc(Br)ccc1C#N. The number of nitrogens with zero attached hydrogens (tertiary/aromatic N) is 4. The summed E-state index contributed by atoms with van der Waals surface area (Å²) in [5, 5.41) is 22.0.